The number of hydrogen-bond donors (Lipinski definition) is 2. The minimum atomic E-state index is -0.535. The van der Waals surface area contributed by atoms with Crippen molar-refractivity contribution in [2.45, 2.75) is 119 Å². The van der Waals surface area contributed by atoms with E-state index >= 15 is 0 Å². The maximum atomic E-state index is 12.9. The van der Waals surface area contributed by atoms with E-state index in [-0.39, 0.29) is 28.8 Å². The first-order valence-corrected chi connectivity index (χ1v) is 16.1. The summed E-state index contributed by atoms with van der Waals surface area (Å²) in [5.41, 5.74) is 4.53. The molecular weight excluding hydrogens is 544 g/mol. The highest BCUT2D eigenvalue weighted by molar-refractivity contribution is 5.95. The fraction of sp³-hybridized carbons (Fsp3) is 0.525. The van der Waals surface area contributed by atoms with Crippen LogP contribution in [-0.2, 0) is 9.53 Å². The Labute approximate surface area is 267 Å². The van der Waals surface area contributed by atoms with Crippen molar-refractivity contribution in [1.29, 1.82) is 0 Å². The number of ether oxygens (including phenoxy) is 1. The van der Waals surface area contributed by atoms with Gasteiger partial charge in [-0.2, -0.15) is 0 Å². The zero-order valence-corrected chi connectivity index (χ0v) is 28.8. The molecule has 3 aliphatic rings. The quantitative estimate of drug-likeness (QED) is 0.149. The zero-order chi connectivity index (χ0) is 32.9. The van der Waals surface area contributed by atoms with Crippen molar-refractivity contribution in [3.8, 4) is 0 Å². The van der Waals surface area contributed by atoms with E-state index in [1.54, 1.807) is 6.08 Å². The maximum absolute atomic E-state index is 12.9. The molecule has 2 saturated carbocycles. The first-order valence-electron chi connectivity index (χ1n) is 16.1. The van der Waals surface area contributed by atoms with Gasteiger partial charge in [0.25, 0.3) is 0 Å². The average Bonchev–Trinajstić information content (AvgIpc) is 3.37. The molecule has 3 rings (SSSR count). The molecule has 0 unspecified atom stereocenters. The van der Waals surface area contributed by atoms with Gasteiger partial charge >= 0.3 is 0 Å². The van der Waals surface area contributed by atoms with Crippen LogP contribution in [-0.4, -0.2) is 39.9 Å². The van der Waals surface area contributed by atoms with Gasteiger partial charge in [-0.1, -0.05) is 118 Å². The molecule has 1 heterocycles. The van der Waals surface area contributed by atoms with Gasteiger partial charge in [0.1, 0.15) is 0 Å². The van der Waals surface area contributed by atoms with Gasteiger partial charge in [0.2, 0.25) is 0 Å². The van der Waals surface area contributed by atoms with Crippen LogP contribution in [0.1, 0.15) is 94.9 Å². The number of carbonyl (C=O) groups excluding carboxylic acids is 1. The average molecular weight is 601 g/mol. The molecule has 0 aromatic carbocycles. The van der Waals surface area contributed by atoms with Crippen molar-refractivity contribution in [2.75, 3.05) is 0 Å². The molecule has 44 heavy (non-hydrogen) atoms. The molecule has 2 N–H and O–H groups in total. The van der Waals surface area contributed by atoms with Crippen LogP contribution in [0.2, 0.25) is 0 Å². The molecule has 0 aromatic heterocycles. The Kier molecular flexibility index (Phi) is 11.4. The second-order valence-corrected chi connectivity index (χ2v) is 15.0. The number of carbonyl (C=O) groups is 1. The molecule has 240 valence electrons. The molecule has 0 saturated heterocycles. The van der Waals surface area contributed by atoms with Gasteiger partial charge in [0.05, 0.1) is 23.9 Å². The lowest BCUT2D eigenvalue weighted by Gasteiger charge is -2.44. The summed E-state index contributed by atoms with van der Waals surface area (Å²) in [7, 11) is 0. The predicted molar refractivity (Wildman–Crippen MR) is 184 cm³/mol. The Morgan fingerprint density at radius 1 is 0.705 bits per heavy atom. The number of hydrogen-bond acceptors (Lipinski definition) is 4. The van der Waals surface area contributed by atoms with Crippen molar-refractivity contribution in [3.63, 3.8) is 0 Å². The van der Waals surface area contributed by atoms with Crippen LogP contribution in [0.4, 0.5) is 0 Å². The highest BCUT2D eigenvalue weighted by atomic mass is 16.5. The summed E-state index contributed by atoms with van der Waals surface area (Å²) in [6.07, 6.45) is 28.1. The summed E-state index contributed by atoms with van der Waals surface area (Å²) in [5, 5.41) is 20.5. The van der Waals surface area contributed by atoms with Gasteiger partial charge in [0.15, 0.2) is 5.78 Å². The summed E-state index contributed by atoms with van der Waals surface area (Å²) < 4.78 is 6.45. The standard InChI is InChI=1S/C40H56O4/c1-28(17-13-18-30(3)21-22-36(43)39(9)26-33(42)25-38(39,7)8)15-11-12-16-29(2)19-14-20-31(4)34-23-35-37(5,6)24-32(41)27-40(35,10)44-34/h11-23,32-34,41-42H,24-27H2,1-10H3/b12-11+,17-13+,19-14+,22-21+,28-15+,29-16+,30-18+,31-20+/t32-,33-,34+,39-,40+/m0/s1. The maximum Gasteiger partial charge on any atom is 0.162 e. The number of fused-ring (bicyclic) bond motifs is 1. The van der Waals surface area contributed by atoms with E-state index in [0.29, 0.717) is 19.3 Å². The Morgan fingerprint density at radius 2 is 1.23 bits per heavy atom. The third kappa shape index (κ3) is 8.68. The van der Waals surface area contributed by atoms with E-state index in [1.807, 2.05) is 50.3 Å². The fourth-order valence-corrected chi connectivity index (χ4v) is 7.09. The van der Waals surface area contributed by atoms with Gasteiger partial charge < -0.3 is 14.9 Å². The molecule has 4 heteroatoms. The molecule has 2 fully saturated rings. The van der Waals surface area contributed by atoms with Crippen LogP contribution in [0, 0.1) is 16.2 Å². The molecule has 1 aliphatic heterocycles. The minimum absolute atomic E-state index is 0.0579. The van der Waals surface area contributed by atoms with Gasteiger partial charge in [-0.15, -0.1) is 0 Å². The largest absolute Gasteiger partial charge is 0.393 e. The molecule has 4 nitrogen and oxygen atoms in total. The number of ketones is 1. The lowest BCUT2D eigenvalue weighted by atomic mass is 9.65. The van der Waals surface area contributed by atoms with Crippen molar-refractivity contribution in [3.05, 3.63) is 107 Å². The summed E-state index contributed by atoms with van der Waals surface area (Å²) in [6.45, 7) is 20.9. The van der Waals surface area contributed by atoms with Crippen LogP contribution in [0.15, 0.2) is 107 Å². The van der Waals surface area contributed by atoms with Gasteiger partial charge in [-0.25, -0.2) is 0 Å². The third-order valence-corrected chi connectivity index (χ3v) is 10.0. The second-order valence-electron chi connectivity index (χ2n) is 15.0. The summed E-state index contributed by atoms with van der Waals surface area (Å²) in [4.78, 5) is 12.9. The fourth-order valence-electron chi connectivity index (χ4n) is 7.09. The molecule has 0 aromatic rings. The molecule has 5 atom stereocenters. The molecule has 0 bridgehead atoms. The Bertz CT molecular complexity index is 1360. The van der Waals surface area contributed by atoms with E-state index in [0.717, 1.165) is 28.7 Å². The van der Waals surface area contributed by atoms with E-state index in [9.17, 15) is 15.0 Å². The van der Waals surface area contributed by atoms with Gasteiger partial charge in [-0.3, -0.25) is 4.79 Å². The summed E-state index contributed by atoms with van der Waals surface area (Å²) in [5.74, 6) is 0.0827. The smallest absolute Gasteiger partial charge is 0.162 e. The highest BCUT2D eigenvalue weighted by Crippen LogP contribution is 2.53. The first-order chi connectivity index (χ1) is 20.4. The molecular formula is C40H56O4. The van der Waals surface area contributed by atoms with Crippen molar-refractivity contribution in [2.24, 2.45) is 16.2 Å². The van der Waals surface area contributed by atoms with E-state index in [4.69, 9.17) is 4.74 Å². The molecule has 2 aliphatic carbocycles. The monoisotopic (exact) mass is 600 g/mol. The Balaban J connectivity index is 1.51. The zero-order valence-electron chi connectivity index (χ0n) is 28.8. The van der Waals surface area contributed by atoms with E-state index in [1.165, 1.54) is 5.57 Å². The van der Waals surface area contributed by atoms with Crippen LogP contribution in [0.3, 0.4) is 0 Å². The third-order valence-electron chi connectivity index (χ3n) is 10.0. The van der Waals surface area contributed by atoms with Crippen LogP contribution < -0.4 is 0 Å². The lowest BCUT2D eigenvalue weighted by Crippen LogP contribution is -2.45. The first kappa shape index (κ1) is 35.7. The number of aliphatic hydroxyl groups excluding tert-OH is 2. The molecule has 0 radical (unpaired) electrons. The summed E-state index contributed by atoms with van der Waals surface area (Å²) >= 11 is 0. The molecule has 0 spiro atoms. The van der Waals surface area contributed by atoms with Crippen LogP contribution >= 0.6 is 0 Å². The molecule has 0 amide bonds. The van der Waals surface area contributed by atoms with Gasteiger partial charge in [0, 0.05) is 11.8 Å². The number of aliphatic hydroxyl groups is 2. The highest BCUT2D eigenvalue weighted by Gasteiger charge is 2.53. The van der Waals surface area contributed by atoms with Crippen LogP contribution in [0.25, 0.3) is 0 Å². The second kappa shape index (κ2) is 14.1. The Morgan fingerprint density at radius 3 is 1.80 bits per heavy atom. The SMILES string of the molecule is CC(/C=C/C=C(C)/C=C/C(=O)[C@]1(C)C[C@@H](O)CC1(C)C)=C\C=C\C=C(C)\C=C\C=C(/C)[C@H]1C=C2C(C)(C)C[C@H](O)C[C@@]2(C)O1. The minimum Gasteiger partial charge on any atom is -0.393 e. The van der Waals surface area contributed by atoms with E-state index < -0.39 is 17.1 Å². The number of allylic oxidation sites excluding steroid dienone is 15. The Hall–Kier alpha value is -2.79. The van der Waals surface area contributed by atoms with Gasteiger partial charge in [-0.05, 0) is 88.0 Å². The topological polar surface area (TPSA) is 66.8 Å². The van der Waals surface area contributed by atoms with E-state index in [2.05, 4.69) is 91.8 Å². The lowest BCUT2D eigenvalue weighted by molar-refractivity contribution is -0.127. The van der Waals surface area contributed by atoms with Crippen LogP contribution in [0.5, 0.6) is 0 Å². The van der Waals surface area contributed by atoms with Crippen molar-refractivity contribution >= 4 is 5.78 Å². The summed E-state index contributed by atoms with van der Waals surface area (Å²) in [6, 6.07) is 0. The predicted octanol–water partition coefficient (Wildman–Crippen LogP) is 9.02. The van der Waals surface area contributed by atoms with Crippen molar-refractivity contribution in [1.82, 2.24) is 0 Å². The van der Waals surface area contributed by atoms with Crippen molar-refractivity contribution < 1.29 is 19.7 Å². The normalized spacial score (nSPS) is 33.3. The number of rotatable bonds is 10.